The molecular weight excluding hydrogens is 457 g/mol. The summed E-state index contributed by atoms with van der Waals surface area (Å²) in [5.41, 5.74) is 2.42. The van der Waals surface area contributed by atoms with Crippen molar-refractivity contribution in [1.29, 1.82) is 0 Å². The van der Waals surface area contributed by atoms with Crippen LogP contribution in [0.2, 0.25) is 0 Å². The molecule has 0 radical (unpaired) electrons. The minimum atomic E-state index is -4.45. The Morgan fingerprint density at radius 1 is 0.971 bits per heavy atom. The van der Waals surface area contributed by atoms with Crippen molar-refractivity contribution in [3.63, 3.8) is 0 Å². The van der Waals surface area contributed by atoms with Gasteiger partial charge in [-0.1, -0.05) is 24.3 Å². The highest BCUT2D eigenvalue weighted by molar-refractivity contribution is 6.04. The summed E-state index contributed by atoms with van der Waals surface area (Å²) in [5, 5.41) is 7.20. The molecular formula is C26H23F3N4O2. The van der Waals surface area contributed by atoms with Gasteiger partial charge in [0, 0.05) is 16.8 Å². The molecule has 0 atom stereocenters. The predicted molar refractivity (Wildman–Crippen MR) is 127 cm³/mol. The Bertz CT molecular complexity index is 1330. The predicted octanol–water partition coefficient (Wildman–Crippen LogP) is 6.30. The zero-order valence-electron chi connectivity index (χ0n) is 19.3. The highest BCUT2D eigenvalue weighted by Crippen LogP contribution is 2.30. The second-order valence-electron chi connectivity index (χ2n) is 8.19. The van der Waals surface area contributed by atoms with Gasteiger partial charge in [0.2, 0.25) is 0 Å². The third kappa shape index (κ3) is 5.51. The molecule has 0 aliphatic heterocycles. The zero-order chi connectivity index (χ0) is 25.2. The number of carbonyl (C=O) groups excluding carboxylic acids is 1. The molecule has 0 fully saturated rings. The van der Waals surface area contributed by atoms with E-state index in [-0.39, 0.29) is 17.7 Å². The molecule has 9 heteroatoms. The molecule has 0 spiro atoms. The van der Waals surface area contributed by atoms with Crippen molar-refractivity contribution in [2.75, 3.05) is 5.32 Å². The summed E-state index contributed by atoms with van der Waals surface area (Å²) in [6.45, 7) is 5.77. The molecule has 1 aromatic heterocycles. The second kappa shape index (κ2) is 9.61. The van der Waals surface area contributed by atoms with E-state index in [9.17, 15) is 18.0 Å². The van der Waals surface area contributed by atoms with Crippen LogP contribution in [0.25, 0.3) is 17.1 Å². The largest absolute Gasteiger partial charge is 0.460 e. The molecule has 1 heterocycles. The summed E-state index contributed by atoms with van der Waals surface area (Å²) < 4.78 is 45.6. The number of aromatic nitrogens is 3. The summed E-state index contributed by atoms with van der Waals surface area (Å²) in [7, 11) is 0. The van der Waals surface area contributed by atoms with E-state index in [4.69, 9.17) is 4.74 Å². The number of amides is 1. The van der Waals surface area contributed by atoms with Crippen molar-refractivity contribution in [3.8, 4) is 23.1 Å². The Labute approximate surface area is 200 Å². The first-order valence-electron chi connectivity index (χ1n) is 10.9. The molecule has 6 nitrogen and oxygen atoms in total. The third-order valence-electron chi connectivity index (χ3n) is 5.16. The monoisotopic (exact) mass is 480 g/mol. The molecule has 0 bridgehead atoms. The molecule has 0 saturated heterocycles. The van der Waals surface area contributed by atoms with Crippen molar-refractivity contribution >= 4 is 11.6 Å². The van der Waals surface area contributed by atoms with Crippen LogP contribution in [0, 0.1) is 6.92 Å². The van der Waals surface area contributed by atoms with Crippen LogP contribution < -0.4 is 10.1 Å². The van der Waals surface area contributed by atoms with Crippen molar-refractivity contribution in [1.82, 2.24) is 14.8 Å². The number of hydrogen-bond donors (Lipinski definition) is 1. The average molecular weight is 480 g/mol. The Hall–Kier alpha value is -4.14. The molecule has 0 saturated carbocycles. The first-order chi connectivity index (χ1) is 16.6. The van der Waals surface area contributed by atoms with Gasteiger partial charge in [-0.3, -0.25) is 4.79 Å². The van der Waals surface area contributed by atoms with Crippen LogP contribution in [0.15, 0.2) is 72.8 Å². The first-order valence-corrected chi connectivity index (χ1v) is 10.9. The summed E-state index contributed by atoms with van der Waals surface area (Å²) in [6.07, 6.45) is -4.55. The second-order valence-corrected chi connectivity index (χ2v) is 8.19. The van der Waals surface area contributed by atoms with Crippen LogP contribution in [0.1, 0.15) is 35.3 Å². The third-order valence-corrected chi connectivity index (χ3v) is 5.16. The Kier molecular flexibility index (Phi) is 6.59. The van der Waals surface area contributed by atoms with Crippen LogP contribution in [0.5, 0.6) is 6.01 Å². The van der Waals surface area contributed by atoms with Crippen molar-refractivity contribution in [3.05, 3.63) is 89.5 Å². The van der Waals surface area contributed by atoms with E-state index < -0.39 is 17.6 Å². The lowest BCUT2D eigenvalue weighted by Gasteiger charge is -2.10. The van der Waals surface area contributed by atoms with Crippen LogP contribution in [0.4, 0.5) is 18.9 Å². The summed E-state index contributed by atoms with van der Waals surface area (Å²) >= 11 is 0. The molecule has 0 unspecified atom stereocenters. The number of hydrogen-bond acceptors (Lipinski definition) is 4. The van der Waals surface area contributed by atoms with Crippen molar-refractivity contribution in [2.24, 2.45) is 0 Å². The molecule has 4 rings (SSSR count). The lowest BCUT2D eigenvalue weighted by molar-refractivity contribution is -0.137. The molecule has 1 amide bonds. The maximum atomic E-state index is 12.7. The fraction of sp³-hybridized carbons (Fsp3) is 0.192. The first kappa shape index (κ1) is 24.0. The Balaban J connectivity index is 1.58. The van der Waals surface area contributed by atoms with E-state index in [1.54, 1.807) is 28.9 Å². The number of aryl methyl sites for hydroxylation is 1. The molecule has 35 heavy (non-hydrogen) atoms. The molecule has 0 aliphatic rings. The van der Waals surface area contributed by atoms with E-state index in [1.807, 2.05) is 45.0 Å². The van der Waals surface area contributed by atoms with Crippen LogP contribution in [-0.4, -0.2) is 26.8 Å². The summed E-state index contributed by atoms with van der Waals surface area (Å²) in [5.74, 6) is 0.0979. The quantitative estimate of drug-likeness (QED) is 0.352. The molecule has 0 aliphatic carbocycles. The van der Waals surface area contributed by atoms with E-state index in [2.05, 4.69) is 15.4 Å². The number of nitrogens with zero attached hydrogens (tertiary/aromatic N) is 3. The highest BCUT2D eigenvalue weighted by atomic mass is 19.4. The van der Waals surface area contributed by atoms with E-state index >= 15 is 0 Å². The molecule has 1 N–H and O–H groups in total. The van der Waals surface area contributed by atoms with Crippen LogP contribution in [-0.2, 0) is 6.18 Å². The van der Waals surface area contributed by atoms with Gasteiger partial charge in [0.1, 0.15) is 0 Å². The maximum Gasteiger partial charge on any atom is 0.416 e. The average Bonchev–Trinajstić information content (AvgIpc) is 3.22. The van der Waals surface area contributed by atoms with Gasteiger partial charge < -0.3 is 10.1 Å². The van der Waals surface area contributed by atoms with Crippen molar-refractivity contribution < 1.29 is 22.7 Å². The SMILES string of the molecule is Cc1ccccc1-c1nc(OC(C)C)nn1-c1ccc(NC(=O)c2ccc(C(F)(F)F)cc2)cc1. The summed E-state index contributed by atoms with van der Waals surface area (Å²) in [4.78, 5) is 17.0. The zero-order valence-corrected chi connectivity index (χ0v) is 19.3. The molecule has 3 aromatic carbocycles. The van der Waals surface area contributed by atoms with E-state index in [0.29, 0.717) is 17.2 Å². The number of rotatable bonds is 6. The highest BCUT2D eigenvalue weighted by Gasteiger charge is 2.30. The molecule has 180 valence electrons. The molecule has 4 aromatic rings. The topological polar surface area (TPSA) is 69.0 Å². The van der Waals surface area contributed by atoms with Crippen LogP contribution >= 0.6 is 0 Å². The number of nitrogens with one attached hydrogen (secondary N) is 1. The van der Waals surface area contributed by atoms with Gasteiger partial charge in [-0.05, 0) is 74.9 Å². The maximum absolute atomic E-state index is 12.7. The van der Waals surface area contributed by atoms with E-state index in [0.717, 1.165) is 35.4 Å². The van der Waals surface area contributed by atoms with Gasteiger partial charge in [0.15, 0.2) is 5.82 Å². The minimum Gasteiger partial charge on any atom is -0.460 e. The van der Waals surface area contributed by atoms with Crippen molar-refractivity contribution in [2.45, 2.75) is 33.1 Å². The number of anilines is 1. The van der Waals surface area contributed by atoms with Gasteiger partial charge in [0.05, 0.1) is 17.4 Å². The Morgan fingerprint density at radius 3 is 2.23 bits per heavy atom. The smallest absolute Gasteiger partial charge is 0.416 e. The normalized spacial score (nSPS) is 11.5. The van der Waals surface area contributed by atoms with Gasteiger partial charge in [-0.2, -0.15) is 18.2 Å². The van der Waals surface area contributed by atoms with Gasteiger partial charge in [0.25, 0.3) is 5.91 Å². The lowest BCUT2D eigenvalue weighted by Crippen LogP contribution is -2.13. The summed E-state index contributed by atoms with van der Waals surface area (Å²) in [6, 6.07) is 19.0. The van der Waals surface area contributed by atoms with Crippen LogP contribution in [0.3, 0.4) is 0 Å². The fourth-order valence-electron chi connectivity index (χ4n) is 3.43. The standard InChI is InChI=1S/C26H23F3N4O2/c1-16(2)35-25-31-23(22-7-5-4-6-17(22)3)33(32-25)21-14-12-20(13-15-21)30-24(34)18-8-10-19(11-9-18)26(27,28)29/h4-16H,1-3H3,(H,30,34). The van der Waals surface area contributed by atoms with Gasteiger partial charge >= 0.3 is 12.2 Å². The number of ether oxygens (including phenoxy) is 1. The number of carbonyl (C=O) groups is 1. The minimum absolute atomic E-state index is 0.0987. The number of halogens is 3. The number of benzene rings is 3. The van der Waals surface area contributed by atoms with Gasteiger partial charge in [-0.25, -0.2) is 4.68 Å². The fourth-order valence-corrected chi connectivity index (χ4v) is 3.43. The Morgan fingerprint density at radius 2 is 1.63 bits per heavy atom. The number of alkyl halides is 3. The van der Waals surface area contributed by atoms with Gasteiger partial charge in [-0.15, -0.1) is 5.10 Å². The van der Waals surface area contributed by atoms with E-state index in [1.165, 1.54) is 0 Å². The lowest BCUT2D eigenvalue weighted by atomic mass is 10.1.